The van der Waals surface area contributed by atoms with Crippen molar-refractivity contribution in [1.29, 1.82) is 0 Å². The van der Waals surface area contributed by atoms with Crippen molar-refractivity contribution in [1.82, 2.24) is 9.38 Å². The first kappa shape index (κ1) is 22.6. The van der Waals surface area contributed by atoms with Crippen LogP contribution in [0.2, 0.25) is 0 Å². The summed E-state index contributed by atoms with van der Waals surface area (Å²) in [4.78, 5) is 20.9. The summed E-state index contributed by atoms with van der Waals surface area (Å²) >= 11 is 0. The normalized spacial score (nSPS) is 18.8. The number of rotatable bonds is 3. The molecule has 1 aliphatic rings. The van der Waals surface area contributed by atoms with E-state index in [1.165, 1.54) is 43.0 Å². The lowest BCUT2D eigenvalue weighted by atomic mass is 9.85. The predicted octanol–water partition coefficient (Wildman–Crippen LogP) is 5.03. The standard InChI is InChI=1S/C21H15F6N3O3/c1-11-7-12(9-13(8-11)20(22,23)24)19(21(25,26)27)10-15(29-33-19)16-4-3-14(18(31)32-2)17-28-5-6-30(16)17/h3-9H,10H2,1-2H3. The molecule has 3 heterocycles. The molecule has 1 atom stereocenters. The molecule has 1 unspecified atom stereocenters. The number of aryl methyl sites for hydroxylation is 1. The van der Waals surface area contributed by atoms with Gasteiger partial charge in [0.05, 0.1) is 24.8 Å². The number of halogens is 6. The van der Waals surface area contributed by atoms with E-state index in [9.17, 15) is 31.1 Å². The highest BCUT2D eigenvalue weighted by Crippen LogP contribution is 2.50. The monoisotopic (exact) mass is 471 g/mol. The lowest BCUT2D eigenvalue weighted by Gasteiger charge is -2.30. The van der Waals surface area contributed by atoms with Gasteiger partial charge in [0.2, 0.25) is 0 Å². The van der Waals surface area contributed by atoms with Crippen LogP contribution in [0.15, 0.2) is 47.9 Å². The van der Waals surface area contributed by atoms with Crippen LogP contribution in [-0.2, 0) is 21.4 Å². The van der Waals surface area contributed by atoms with Crippen LogP contribution >= 0.6 is 0 Å². The molecule has 0 saturated heterocycles. The Bertz CT molecular complexity index is 1280. The second kappa shape index (κ2) is 7.49. The Morgan fingerprint density at radius 1 is 1.15 bits per heavy atom. The molecule has 1 aliphatic heterocycles. The molecule has 0 amide bonds. The third-order valence-electron chi connectivity index (χ3n) is 5.31. The Kier molecular flexibility index (Phi) is 5.14. The van der Waals surface area contributed by atoms with E-state index in [1.807, 2.05) is 0 Å². The van der Waals surface area contributed by atoms with Gasteiger partial charge in [0, 0.05) is 18.0 Å². The maximum atomic E-state index is 14.3. The van der Waals surface area contributed by atoms with Crippen LogP contribution in [0.4, 0.5) is 26.3 Å². The average molecular weight is 471 g/mol. The van der Waals surface area contributed by atoms with Crippen LogP contribution in [0.1, 0.15) is 39.2 Å². The Hall–Kier alpha value is -3.57. The molecule has 0 bridgehead atoms. The number of pyridine rings is 1. The summed E-state index contributed by atoms with van der Waals surface area (Å²) in [5.74, 6) is -0.702. The molecule has 6 nitrogen and oxygen atoms in total. The molecule has 2 aromatic heterocycles. The van der Waals surface area contributed by atoms with Crippen molar-refractivity contribution >= 4 is 17.3 Å². The molecule has 12 heteroatoms. The van der Waals surface area contributed by atoms with E-state index in [0.29, 0.717) is 6.07 Å². The molecule has 3 aromatic rings. The van der Waals surface area contributed by atoms with Crippen LogP contribution < -0.4 is 0 Å². The number of imidazole rings is 1. The maximum Gasteiger partial charge on any atom is 0.435 e. The zero-order valence-corrected chi connectivity index (χ0v) is 17.1. The van der Waals surface area contributed by atoms with Gasteiger partial charge in [0.15, 0.2) is 5.65 Å². The molecule has 0 aliphatic carbocycles. The van der Waals surface area contributed by atoms with E-state index in [4.69, 9.17) is 4.84 Å². The maximum absolute atomic E-state index is 14.3. The molecule has 0 N–H and O–H groups in total. The first-order valence-corrected chi connectivity index (χ1v) is 9.43. The quantitative estimate of drug-likeness (QED) is 0.397. The largest absolute Gasteiger partial charge is 0.465 e. The van der Waals surface area contributed by atoms with Crippen molar-refractivity contribution < 1.29 is 40.7 Å². The van der Waals surface area contributed by atoms with Crippen LogP contribution in [0, 0.1) is 6.92 Å². The third kappa shape index (κ3) is 3.68. The highest BCUT2D eigenvalue weighted by Gasteiger charge is 2.62. The van der Waals surface area contributed by atoms with Crippen LogP contribution in [0.5, 0.6) is 0 Å². The van der Waals surface area contributed by atoms with Gasteiger partial charge < -0.3 is 9.57 Å². The van der Waals surface area contributed by atoms with Crippen LogP contribution in [0.25, 0.3) is 5.65 Å². The molecule has 33 heavy (non-hydrogen) atoms. The van der Waals surface area contributed by atoms with Gasteiger partial charge in [-0.05, 0) is 31.2 Å². The van der Waals surface area contributed by atoms with E-state index < -0.39 is 41.5 Å². The molecular weight excluding hydrogens is 456 g/mol. The number of hydrogen-bond donors (Lipinski definition) is 0. The fraction of sp³-hybridized carbons (Fsp3) is 0.286. The number of ether oxygens (including phenoxy) is 1. The Morgan fingerprint density at radius 3 is 2.52 bits per heavy atom. The second-order valence-electron chi connectivity index (χ2n) is 7.46. The predicted molar refractivity (Wildman–Crippen MR) is 103 cm³/mol. The fourth-order valence-electron chi connectivity index (χ4n) is 3.74. The van der Waals surface area contributed by atoms with Gasteiger partial charge in [-0.1, -0.05) is 16.8 Å². The van der Waals surface area contributed by atoms with Crippen molar-refractivity contribution in [2.45, 2.75) is 31.3 Å². The Labute approximate surface area is 182 Å². The van der Waals surface area contributed by atoms with E-state index >= 15 is 0 Å². The van der Waals surface area contributed by atoms with Gasteiger partial charge in [0.1, 0.15) is 11.3 Å². The fourth-order valence-corrected chi connectivity index (χ4v) is 3.74. The number of methoxy groups -OCH3 is 1. The van der Waals surface area contributed by atoms with Gasteiger partial charge in [-0.3, -0.25) is 4.40 Å². The smallest absolute Gasteiger partial charge is 0.435 e. The summed E-state index contributed by atoms with van der Waals surface area (Å²) in [5.41, 5.74) is -4.94. The molecule has 1 aromatic carbocycles. The summed E-state index contributed by atoms with van der Waals surface area (Å²) in [6, 6.07) is 4.83. The Balaban J connectivity index is 1.82. The number of nitrogens with zero attached hydrogens (tertiary/aromatic N) is 3. The molecule has 0 radical (unpaired) electrons. The van der Waals surface area contributed by atoms with Crippen molar-refractivity contribution in [2.24, 2.45) is 5.16 Å². The van der Waals surface area contributed by atoms with Crippen molar-refractivity contribution in [3.8, 4) is 0 Å². The highest BCUT2D eigenvalue weighted by molar-refractivity contribution is 6.03. The first-order valence-electron chi connectivity index (χ1n) is 9.43. The van der Waals surface area contributed by atoms with E-state index in [-0.39, 0.29) is 28.2 Å². The molecule has 0 saturated carbocycles. The number of fused-ring (bicyclic) bond motifs is 1. The summed E-state index contributed by atoms with van der Waals surface area (Å²) in [6.45, 7) is 1.26. The molecule has 174 valence electrons. The SMILES string of the molecule is COC(=O)c1ccc(C2=NOC(c3cc(C)cc(C(F)(F)F)c3)(C(F)(F)F)C2)n2ccnc12. The Morgan fingerprint density at radius 2 is 1.88 bits per heavy atom. The zero-order chi connectivity index (χ0) is 24.2. The number of oxime groups is 1. The van der Waals surface area contributed by atoms with Crippen molar-refractivity contribution in [3.05, 3.63) is 70.7 Å². The lowest BCUT2D eigenvalue weighted by molar-refractivity contribution is -0.276. The average Bonchev–Trinajstić information content (AvgIpc) is 3.39. The van der Waals surface area contributed by atoms with Crippen LogP contribution in [0.3, 0.4) is 0 Å². The van der Waals surface area contributed by atoms with Crippen molar-refractivity contribution in [3.63, 3.8) is 0 Å². The number of esters is 1. The lowest BCUT2D eigenvalue weighted by Crippen LogP contribution is -2.43. The first-order chi connectivity index (χ1) is 15.4. The number of carbonyl (C=O) groups is 1. The van der Waals surface area contributed by atoms with Gasteiger partial charge in [-0.25, -0.2) is 9.78 Å². The third-order valence-corrected chi connectivity index (χ3v) is 5.31. The number of hydrogen-bond acceptors (Lipinski definition) is 5. The minimum absolute atomic E-state index is 0.0140. The van der Waals surface area contributed by atoms with E-state index in [2.05, 4.69) is 14.9 Å². The summed E-state index contributed by atoms with van der Waals surface area (Å²) in [5, 5.41) is 3.60. The molecular formula is C21H15F6N3O3. The highest BCUT2D eigenvalue weighted by atomic mass is 19.4. The van der Waals surface area contributed by atoms with Gasteiger partial charge >= 0.3 is 18.3 Å². The van der Waals surface area contributed by atoms with Gasteiger partial charge in [-0.2, -0.15) is 26.3 Å². The summed E-state index contributed by atoms with van der Waals surface area (Å²) in [6.07, 6.45) is -8.09. The summed E-state index contributed by atoms with van der Waals surface area (Å²) in [7, 11) is 1.17. The van der Waals surface area contributed by atoms with Gasteiger partial charge in [0.25, 0.3) is 5.60 Å². The molecule has 4 rings (SSSR count). The minimum Gasteiger partial charge on any atom is -0.465 e. The van der Waals surface area contributed by atoms with Gasteiger partial charge in [-0.15, -0.1) is 0 Å². The van der Waals surface area contributed by atoms with Crippen molar-refractivity contribution in [2.75, 3.05) is 7.11 Å². The van der Waals surface area contributed by atoms with Crippen LogP contribution in [-0.4, -0.2) is 34.4 Å². The molecule has 0 spiro atoms. The second-order valence-corrected chi connectivity index (χ2v) is 7.46. The minimum atomic E-state index is -5.09. The number of carbonyl (C=O) groups excluding carboxylic acids is 1. The summed E-state index contributed by atoms with van der Waals surface area (Å²) < 4.78 is 88.6. The number of benzene rings is 1. The van der Waals surface area contributed by atoms with E-state index in [1.54, 1.807) is 0 Å². The number of aromatic nitrogens is 2. The molecule has 0 fully saturated rings. The van der Waals surface area contributed by atoms with E-state index in [0.717, 1.165) is 12.1 Å². The number of alkyl halides is 6. The topological polar surface area (TPSA) is 65.2 Å². The zero-order valence-electron chi connectivity index (χ0n) is 17.1.